The van der Waals surface area contributed by atoms with Gasteiger partial charge in [-0.15, -0.1) is 5.10 Å². The van der Waals surface area contributed by atoms with Gasteiger partial charge in [0.15, 0.2) is 0 Å². The first-order chi connectivity index (χ1) is 15.6. The standard InChI is InChI=1S/C22H23N9O/c1-31-13-19(29-30-31)16-8-15-10-21(26-12-18(15)25-11-16)28-22(32)14-2-7-24-20(9-14)27-17-3-5-23-6-4-17/h2,7-13,17,23H,3-6H2,1H3,(H,24,27)(H,26,28,32). The number of amides is 1. The van der Waals surface area contributed by atoms with Crippen LogP contribution in [0, 0.1) is 0 Å². The summed E-state index contributed by atoms with van der Waals surface area (Å²) in [4.78, 5) is 26.0. The van der Waals surface area contributed by atoms with Crippen molar-refractivity contribution in [3.8, 4) is 11.3 Å². The molecule has 0 aliphatic carbocycles. The van der Waals surface area contributed by atoms with E-state index in [2.05, 4.69) is 41.2 Å². The minimum atomic E-state index is -0.245. The Morgan fingerprint density at radius 3 is 2.78 bits per heavy atom. The molecule has 1 aliphatic heterocycles. The lowest BCUT2D eigenvalue weighted by molar-refractivity contribution is 0.102. The van der Waals surface area contributed by atoms with Crippen LogP contribution < -0.4 is 16.0 Å². The molecule has 0 atom stereocenters. The quantitative estimate of drug-likeness (QED) is 0.441. The van der Waals surface area contributed by atoms with Gasteiger partial charge in [0.1, 0.15) is 17.3 Å². The summed E-state index contributed by atoms with van der Waals surface area (Å²) in [5, 5.41) is 18.6. The molecule has 5 rings (SSSR count). The summed E-state index contributed by atoms with van der Waals surface area (Å²) >= 11 is 0. The fraction of sp³-hybridized carbons (Fsp3) is 0.273. The van der Waals surface area contributed by atoms with Crippen molar-refractivity contribution in [2.45, 2.75) is 18.9 Å². The van der Waals surface area contributed by atoms with Gasteiger partial charge in [0, 0.05) is 42.0 Å². The van der Waals surface area contributed by atoms with Crippen LogP contribution in [0.2, 0.25) is 0 Å². The van der Waals surface area contributed by atoms with E-state index in [9.17, 15) is 4.79 Å². The molecule has 5 heterocycles. The van der Waals surface area contributed by atoms with E-state index in [-0.39, 0.29) is 5.91 Å². The normalized spacial score (nSPS) is 14.4. The number of carbonyl (C=O) groups excluding carboxylic acids is 1. The number of pyridine rings is 3. The van der Waals surface area contributed by atoms with Crippen LogP contribution in [-0.4, -0.2) is 55.0 Å². The summed E-state index contributed by atoms with van der Waals surface area (Å²) < 4.78 is 1.64. The predicted molar refractivity (Wildman–Crippen MR) is 121 cm³/mol. The number of aryl methyl sites for hydroxylation is 1. The second-order valence-corrected chi connectivity index (χ2v) is 7.82. The van der Waals surface area contributed by atoms with Crippen LogP contribution in [0.15, 0.2) is 49.1 Å². The number of rotatable bonds is 5. The van der Waals surface area contributed by atoms with Crippen molar-refractivity contribution >= 4 is 28.4 Å². The minimum Gasteiger partial charge on any atom is -0.367 e. The highest BCUT2D eigenvalue weighted by Gasteiger charge is 2.15. The fourth-order valence-electron chi connectivity index (χ4n) is 3.73. The number of carbonyl (C=O) groups is 1. The number of fused-ring (bicyclic) bond motifs is 1. The summed E-state index contributed by atoms with van der Waals surface area (Å²) in [6.45, 7) is 1.97. The van der Waals surface area contributed by atoms with Crippen molar-refractivity contribution in [2.75, 3.05) is 23.7 Å². The SMILES string of the molecule is Cn1cc(-c2cnc3cnc(NC(=O)c4ccnc(NC5CCNCC5)c4)cc3c2)nn1. The molecular weight excluding hydrogens is 406 g/mol. The monoisotopic (exact) mass is 429 g/mol. The molecule has 3 N–H and O–H groups in total. The third-order valence-electron chi connectivity index (χ3n) is 5.42. The molecule has 1 amide bonds. The average Bonchev–Trinajstić information content (AvgIpc) is 3.26. The largest absolute Gasteiger partial charge is 0.367 e. The van der Waals surface area contributed by atoms with E-state index in [4.69, 9.17) is 0 Å². The number of anilines is 2. The van der Waals surface area contributed by atoms with Gasteiger partial charge in [-0.05, 0) is 50.2 Å². The Labute approximate surface area is 184 Å². The maximum absolute atomic E-state index is 12.8. The van der Waals surface area contributed by atoms with Gasteiger partial charge < -0.3 is 16.0 Å². The summed E-state index contributed by atoms with van der Waals surface area (Å²) in [5.41, 5.74) is 2.82. The zero-order valence-electron chi connectivity index (χ0n) is 17.6. The van der Waals surface area contributed by atoms with E-state index in [1.165, 1.54) is 0 Å². The molecular formula is C22H23N9O. The molecule has 4 aromatic rings. The number of nitrogens with one attached hydrogen (secondary N) is 3. The summed E-state index contributed by atoms with van der Waals surface area (Å²) in [6.07, 6.45) is 8.91. The molecule has 162 valence electrons. The van der Waals surface area contributed by atoms with Crippen LogP contribution >= 0.6 is 0 Å². The van der Waals surface area contributed by atoms with Gasteiger partial charge in [0.2, 0.25) is 0 Å². The summed E-state index contributed by atoms with van der Waals surface area (Å²) in [5.74, 6) is 0.907. The Bertz CT molecular complexity index is 1260. The van der Waals surface area contributed by atoms with Gasteiger partial charge in [-0.25, -0.2) is 9.97 Å². The van der Waals surface area contributed by atoms with Crippen molar-refractivity contribution in [1.82, 2.24) is 35.3 Å². The van der Waals surface area contributed by atoms with Crippen LogP contribution in [0.25, 0.3) is 22.2 Å². The predicted octanol–water partition coefficient (Wildman–Crippen LogP) is 2.24. The zero-order valence-corrected chi connectivity index (χ0v) is 17.6. The highest BCUT2D eigenvalue weighted by molar-refractivity contribution is 6.04. The van der Waals surface area contributed by atoms with Crippen LogP contribution in [0.1, 0.15) is 23.2 Å². The molecule has 0 saturated carbocycles. The Morgan fingerprint density at radius 1 is 1.09 bits per heavy atom. The number of hydrogen-bond acceptors (Lipinski definition) is 8. The second-order valence-electron chi connectivity index (χ2n) is 7.82. The topological polar surface area (TPSA) is 123 Å². The Balaban J connectivity index is 1.33. The number of aromatic nitrogens is 6. The van der Waals surface area contributed by atoms with Gasteiger partial charge in [0.05, 0.1) is 17.9 Å². The van der Waals surface area contributed by atoms with E-state index in [0.717, 1.165) is 48.1 Å². The Morgan fingerprint density at radius 2 is 1.97 bits per heavy atom. The van der Waals surface area contributed by atoms with Crippen molar-refractivity contribution in [3.05, 3.63) is 54.6 Å². The Hall–Kier alpha value is -3.92. The Kier molecular flexibility index (Phi) is 5.42. The van der Waals surface area contributed by atoms with Gasteiger partial charge in [-0.2, -0.15) is 0 Å². The maximum Gasteiger partial charge on any atom is 0.257 e. The zero-order chi connectivity index (χ0) is 21.9. The lowest BCUT2D eigenvalue weighted by Gasteiger charge is -2.24. The van der Waals surface area contributed by atoms with Crippen LogP contribution in [-0.2, 0) is 7.05 Å². The molecule has 0 unspecified atom stereocenters. The van der Waals surface area contributed by atoms with E-state index in [1.54, 1.807) is 41.5 Å². The highest BCUT2D eigenvalue weighted by Crippen LogP contribution is 2.22. The molecule has 1 saturated heterocycles. The van der Waals surface area contributed by atoms with E-state index < -0.39 is 0 Å². The summed E-state index contributed by atoms with van der Waals surface area (Å²) in [7, 11) is 1.81. The first kappa shape index (κ1) is 20.0. The lowest BCUT2D eigenvalue weighted by Crippen LogP contribution is -2.35. The van der Waals surface area contributed by atoms with Gasteiger partial charge in [-0.3, -0.25) is 14.5 Å². The van der Waals surface area contributed by atoms with Gasteiger partial charge >= 0.3 is 0 Å². The molecule has 10 nitrogen and oxygen atoms in total. The van der Waals surface area contributed by atoms with Gasteiger partial charge in [0.25, 0.3) is 5.91 Å². The molecule has 32 heavy (non-hydrogen) atoms. The lowest BCUT2D eigenvalue weighted by atomic mass is 10.1. The molecule has 0 aromatic carbocycles. The number of hydrogen-bond donors (Lipinski definition) is 3. The first-order valence-electron chi connectivity index (χ1n) is 10.5. The van der Waals surface area contributed by atoms with Crippen molar-refractivity contribution in [1.29, 1.82) is 0 Å². The van der Waals surface area contributed by atoms with Crippen LogP contribution in [0.4, 0.5) is 11.6 Å². The van der Waals surface area contributed by atoms with Gasteiger partial charge in [-0.1, -0.05) is 5.21 Å². The van der Waals surface area contributed by atoms with Crippen molar-refractivity contribution < 1.29 is 4.79 Å². The van der Waals surface area contributed by atoms with E-state index in [0.29, 0.717) is 23.2 Å². The van der Waals surface area contributed by atoms with Crippen LogP contribution in [0.3, 0.4) is 0 Å². The number of nitrogens with zero attached hydrogens (tertiary/aromatic N) is 6. The second kappa shape index (κ2) is 8.67. The van der Waals surface area contributed by atoms with Crippen molar-refractivity contribution in [3.63, 3.8) is 0 Å². The fourth-order valence-corrected chi connectivity index (χ4v) is 3.73. The molecule has 1 aliphatic rings. The first-order valence-corrected chi connectivity index (χ1v) is 10.5. The molecule has 0 bridgehead atoms. The maximum atomic E-state index is 12.8. The van der Waals surface area contributed by atoms with Crippen molar-refractivity contribution in [2.24, 2.45) is 7.05 Å². The van der Waals surface area contributed by atoms with Crippen LogP contribution in [0.5, 0.6) is 0 Å². The summed E-state index contributed by atoms with van der Waals surface area (Å²) in [6, 6.07) is 7.58. The average molecular weight is 429 g/mol. The molecule has 0 spiro atoms. The molecule has 4 aromatic heterocycles. The minimum absolute atomic E-state index is 0.245. The van der Waals surface area contributed by atoms with E-state index >= 15 is 0 Å². The highest BCUT2D eigenvalue weighted by atomic mass is 16.1. The molecule has 10 heteroatoms. The smallest absolute Gasteiger partial charge is 0.257 e. The molecule has 0 radical (unpaired) electrons. The van der Waals surface area contributed by atoms with E-state index in [1.807, 2.05) is 19.3 Å². The molecule has 1 fully saturated rings. The third-order valence-corrected chi connectivity index (χ3v) is 5.42. The number of piperidine rings is 1. The third kappa shape index (κ3) is 4.40.